The van der Waals surface area contributed by atoms with E-state index >= 15 is 0 Å². The standard InChI is InChI=1S/C32H60N3/c1-4-6-8-10-12-14-16-18-20-22-24-26-28-31-33-30(3)34-32(35-31)29-27-25-23-21-19-17-15-13-11-9-7-5-2/h3-29H2,1-2H3. The Balaban J connectivity index is 1.99. The van der Waals surface area contributed by atoms with E-state index in [1.165, 1.54) is 154 Å². The second-order valence-electron chi connectivity index (χ2n) is 10.9. The molecule has 3 nitrogen and oxygen atoms in total. The fourth-order valence-electron chi connectivity index (χ4n) is 4.99. The van der Waals surface area contributed by atoms with Crippen molar-refractivity contribution in [2.45, 2.75) is 181 Å². The summed E-state index contributed by atoms with van der Waals surface area (Å²) in [4.78, 5) is 13.7. The molecule has 0 spiro atoms. The largest absolute Gasteiger partial charge is 0.218 e. The van der Waals surface area contributed by atoms with Gasteiger partial charge in [-0.25, -0.2) is 15.0 Å². The van der Waals surface area contributed by atoms with Gasteiger partial charge in [0.25, 0.3) is 0 Å². The highest BCUT2D eigenvalue weighted by atomic mass is 15.0. The minimum atomic E-state index is 0.655. The maximum Gasteiger partial charge on any atom is 0.133 e. The molecule has 0 N–H and O–H groups in total. The predicted molar refractivity (Wildman–Crippen MR) is 154 cm³/mol. The molecule has 35 heavy (non-hydrogen) atoms. The van der Waals surface area contributed by atoms with Crippen LogP contribution >= 0.6 is 0 Å². The van der Waals surface area contributed by atoms with Gasteiger partial charge in [-0.3, -0.25) is 0 Å². The number of rotatable bonds is 26. The first-order valence-corrected chi connectivity index (χ1v) is 15.8. The third-order valence-electron chi connectivity index (χ3n) is 7.28. The molecular formula is C32H60N3. The zero-order valence-corrected chi connectivity index (χ0v) is 23.9. The molecule has 0 bridgehead atoms. The van der Waals surface area contributed by atoms with Gasteiger partial charge in [0, 0.05) is 19.8 Å². The highest BCUT2D eigenvalue weighted by Crippen LogP contribution is 2.14. The second-order valence-corrected chi connectivity index (χ2v) is 10.9. The van der Waals surface area contributed by atoms with E-state index in [1.807, 2.05) is 0 Å². The number of aromatic nitrogens is 3. The summed E-state index contributed by atoms with van der Waals surface area (Å²) in [6, 6.07) is 0. The summed E-state index contributed by atoms with van der Waals surface area (Å²) in [5.41, 5.74) is 0. The van der Waals surface area contributed by atoms with Crippen LogP contribution in [0.3, 0.4) is 0 Å². The number of hydrogen-bond acceptors (Lipinski definition) is 3. The Morgan fingerprint density at radius 1 is 0.371 bits per heavy atom. The first-order valence-electron chi connectivity index (χ1n) is 15.8. The van der Waals surface area contributed by atoms with E-state index in [2.05, 4.69) is 30.7 Å². The Kier molecular flexibility index (Phi) is 22.6. The maximum absolute atomic E-state index is 4.75. The SMILES string of the molecule is [CH2]c1nc(CCCCCCCCCCCCCC)nc(CCCCCCCCCCCCCC)n1. The van der Waals surface area contributed by atoms with Gasteiger partial charge < -0.3 is 0 Å². The maximum atomic E-state index is 4.75. The molecule has 0 amide bonds. The van der Waals surface area contributed by atoms with Crippen LogP contribution < -0.4 is 0 Å². The normalized spacial score (nSPS) is 11.4. The van der Waals surface area contributed by atoms with E-state index < -0.39 is 0 Å². The second kappa shape index (κ2) is 24.7. The van der Waals surface area contributed by atoms with Crippen LogP contribution in [0.1, 0.15) is 185 Å². The van der Waals surface area contributed by atoms with Gasteiger partial charge in [-0.05, 0) is 12.8 Å². The summed E-state index contributed by atoms with van der Waals surface area (Å²) in [6.45, 7) is 8.58. The lowest BCUT2D eigenvalue weighted by Gasteiger charge is -2.06. The van der Waals surface area contributed by atoms with Crippen LogP contribution in [-0.2, 0) is 12.8 Å². The van der Waals surface area contributed by atoms with Gasteiger partial charge in [0.05, 0.1) is 0 Å². The topological polar surface area (TPSA) is 38.7 Å². The zero-order chi connectivity index (χ0) is 25.2. The molecule has 1 aromatic rings. The summed E-state index contributed by atoms with van der Waals surface area (Å²) in [5.74, 6) is 2.58. The molecule has 0 aromatic carbocycles. The number of unbranched alkanes of at least 4 members (excludes halogenated alkanes) is 22. The van der Waals surface area contributed by atoms with Gasteiger partial charge in [-0.1, -0.05) is 155 Å². The van der Waals surface area contributed by atoms with Crippen molar-refractivity contribution in [2.24, 2.45) is 0 Å². The fraction of sp³-hybridized carbons (Fsp3) is 0.875. The van der Waals surface area contributed by atoms with Crippen LogP contribution in [0.5, 0.6) is 0 Å². The zero-order valence-electron chi connectivity index (χ0n) is 23.9. The van der Waals surface area contributed by atoms with Crippen LogP contribution in [0.2, 0.25) is 0 Å². The molecule has 1 aromatic heterocycles. The van der Waals surface area contributed by atoms with Crippen LogP contribution in [0, 0.1) is 6.92 Å². The quantitative estimate of drug-likeness (QED) is 0.122. The number of hydrogen-bond donors (Lipinski definition) is 0. The molecule has 203 valence electrons. The van der Waals surface area contributed by atoms with E-state index in [-0.39, 0.29) is 0 Å². The minimum Gasteiger partial charge on any atom is -0.218 e. The molecule has 0 unspecified atom stereocenters. The summed E-state index contributed by atoms with van der Waals surface area (Å²) < 4.78 is 0. The molecule has 0 fully saturated rings. The lowest BCUT2D eigenvalue weighted by atomic mass is 10.0. The Labute approximate surface area is 220 Å². The van der Waals surface area contributed by atoms with Crippen molar-refractivity contribution in [1.29, 1.82) is 0 Å². The Morgan fingerprint density at radius 2 is 0.629 bits per heavy atom. The van der Waals surface area contributed by atoms with Crippen molar-refractivity contribution in [2.75, 3.05) is 0 Å². The summed E-state index contributed by atoms with van der Waals surface area (Å²) in [6.07, 6.45) is 35.1. The third-order valence-corrected chi connectivity index (χ3v) is 7.28. The molecule has 0 atom stereocenters. The van der Waals surface area contributed by atoms with Crippen LogP contribution in [0.15, 0.2) is 0 Å². The predicted octanol–water partition coefficient (Wildman–Crippen LogP) is 10.5. The van der Waals surface area contributed by atoms with Crippen molar-refractivity contribution in [3.05, 3.63) is 24.4 Å². The van der Waals surface area contributed by atoms with Crippen molar-refractivity contribution in [3.8, 4) is 0 Å². The molecule has 1 radical (unpaired) electrons. The summed E-state index contributed by atoms with van der Waals surface area (Å²) in [7, 11) is 0. The average Bonchev–Trinajstić information content (AvgIpc) is 2.85. The monoisotopic (exact) mass is 486 g/mol. The van der Waals surface area contributed by atoms with E-state index in [4.69, 9.17) is 4.98 Å². The molecule has 0 saturated heterocycles. The van der Waals surface area contributed by atoms with Gasteiger partial charge in [0.15, 0.2) is 0 Å². The number of nitrogens with zero attached hydrogens (tertiary/aromatic N) is 3. The lowest BCUT2D eigenvalue weighted by Crippen LogP contribution is -2.06. The van der Waals surface area contributed by atoms with Crippen molar-refractivity contribution in [1.82, 2.24) is 15.0 Å². The van der Waals surface area contributed by atoms with E-state index in [0.29, 0.717) is 5.82 Å². The van der Waals surface area contributed by atoms with Crippen molar-refractivity contribution in [3.63, 3.8) is 0 Å². The molecule has 0 aliphatic carbocycles. The van der Waals surface area contributed by atoms with Gasteiger partial charge in [0.2, 0.25) is 0 Å². The van der Waals surface area contributed by atoms with E-state index in [1.54, 1.807) is 0 Å². The van der Waals surface area contributed by atoms with E-state index in [9.17, 15) is 0 Å². The van der Waals surface area contributed by atoms with Crippen LogP contribution in [-0.4, -0.2) is 15.0 Å². The Hall–Kier alpha value is -0.990. The third kappa shape index (κ3) is 20.9. The van der Waals surface area contributed by atoms with Gasteiger partial charge in [-0.2, -0.15) is 0 Å². The first-order chi connectivity index (χ1) is 17.3. The average molecular weight is 487 g/mol. The van der Waals surface area contributed by atoms with Crippen LogP contribution in [0.4, 0.5) is 0 Å². The molecular weight excluding hydrogens is 426 g/mol. The minimum absolute atomic E-state index is 0.655. The summed E-state index contributed by atoms with van der Waals surface area (Å²) in [5, 5.41) is 0. The summed E-state index contributed by atoms with van der Waals surface area (Å²) >= 11 is 0. The molecule has 1 heterocycles. The fourth-order valence-corrected chi connectivity index (χ4v) is 4.99. The Morgan fingerprint density at radius 3 is 0.914 bits per heavy atom. The first kappa shape index (κ1) is 32.0. The van der Waals surface area contributed by atoms with E-state index in [0.717, 1.165) is 24.5 Å². The molecule has 3 heteroatoms. The molecule has 0 saturated carbocycles. The van der Waals surface area contributed by atoms with Crippen molar-refractivity contribution >= 4 is 0 Å². The highest BCUT2D eigenvalue weighted by molar-refractivity contribution is 5.00. The van der Waals surface area contributed by atoms with Gasteiger partial charge in [-0.15, -0.1) is 0 Å². The van der Waals surface area contributed by atoms with Crippen LogP contribution in [0.25, 0.3) is 0 Å². The molecule has 1 rings (SSSR count). The van der Waals surface area contributed by atoms with Gasteiger partial charge in [0.1, 0.15) is 17.5 Å². The number of aryl methyl sites for hydroxylation is 2. The lowest BCUT2D eigenvalue weighted by molar-refractivity contribution is 0.539. The van der Waals surface area contributed by atoms with Crippen molar-refractivity contribution < 1.29 is 0 Å². The smallest absolute Gasteiger partial charge is 0.133 e. The molecule has 0 aliphatic heterocycles. The van der Waals surface area contributed by atoms with Gasteiger partial charge >= 0.3 is 0 Å². The highest BCUT2D eigenvalue weighted by Gasteiger charge is 2.05. The Bertz CT molecular complexity index is 526. The molecule has 0 aliphatic rings.